The van der Waals surface area contributed by atoms with Crippen molar-refractivity contribution in [2.45, 2.75) is 44.4 Å². The minimum absolute atomic E-state index is 0.00304. The fourth-order valence-electron chi connectivity index (χ4n) is 3.96. The number of aromatic nitrogens is 2. The number of rotatable bonds is 12. The molecule has 14 heteroatoms. The van der Waals surface area contributed by atoms with E-state index in [0.29, 0.717) is 0 Å². The largest absolute Gasteiger partial charge is 0.460 e. The van der Waals surface area contributed by atoms with Crippen LogP contribution in [-0.2, 0) is 30.0 Å². The maximum Gasteiger partial charge on any atom is 0.459 e. The van der Waals surface area contributed by atoms with Gasteiger partial charge >= 0.3 is 19.4 Å². The predicted molar refractivity (Wildman–Crippen MR) is 153 cm³/mol. The van der Waals surface area contributed by atoms with Crippen LogP contribution in [-0.4, -0.2) is 45.5 Å². The van der Waals surface area contributed by atoms with Gasteiger partial charge < -0.3 is 19.1 Å². The number of hydrogen-bond acceptors (Lipinski definition) is 9. The normalized spacial score (nSPS) is 20.9. The number of H-pyrrole nitrogens is 1. The highest BCUT2D eigenvalue weighted by atomic mass is 79.9. The Morgan fingerprint density at radius 2 is 1.90 bits per heavy atom. The van der Waals surface area contributed by atoms with Gasteiger partial charge in [-0.2, -0.15) is 5.09 Å². The summed E-state index contributed by atoms with van der Waals surface area (Å²) in [4.78, 5) is 40.7. The number of halogens is 1. The number of carbonyl (C=O) groups is 1. The lowest BCUT2D eigenvalue weighted by Gasteiger charge is -2.24. The molecule has 2 heterocycles. The quantitative estimate of drug-likeness (QED) is 0.196. The van der Waals surface area contributed by atoms with Crippen molar-refractivity contribution in [3.05, 3.63) is 104 Å². The Labute approximate surface area is 243 Å². The number of aromatic amines is 1. The second-order valence-corrected chi connectivity index (χ2v) is 11.3. The van der Waals surface area contributed by atoms with Crippen LogP contribution in [0.3, 0.4) is 0 Å². The number of nitrogens with zero attached hydrogens (tertiary/aromatic N) is 1. The van der Waals surface area contributed by atoms with Gasteiger partial charge in [0.15, 0.2) is 0 Å². The van der Waals surface area contributed by atoms with E-state index in [1.165, 1.54) is 24.2 Å². The first-order valence-electron chi connectivity index (χ1n) is 12.6. The van der Waals surface area contributed by atoms with Crippen LogP contribution in [0.5, 0.6) is 5.75 Å². The van der Waals surface area contributed by atoms with E-state index in [1.54, 1.807) is 42.5 Å². The summed E-state index contributed by atoms with van der Waals surface area (Å²) in [6.45, 7) is 1.07. The molecule has 0 amide bonds. The molecule has 0 saturated carbocycles. The van der Waals surface area contributed by atoms with E-state index in [4.69, 9.17) is 18.5 Å². The van der Waals surface area contributed by atoms with Crippen molar-refractivity contribution < 1.29 is 33.0 Å². The standard InChI is InChI=1S/C27H29BrN3O9P/c1-18(26(34)37-16-19-8-4-2-5-9-19)30-41(36,40-21-10-6-3-7-11-21)38-17-23-22(32)14-24(39-23)31-15-20(12-13-28)25(33)29-27(31)35/h2-13,15,18,22-24,32H,14,16-17H2,1H3,(H,30,36)(H,29,33,35)/b13-12+/t18-,22+,23?,24+,41?/m0/s1. The molecule has 2 aromatic carbocycles. The van der Waals surface area contributed by atoms with Crippen molar-refractivity contribution in [1.82, 2.24) is 14.6 Å². The van der Waals surface area contributed by atoms with Gasteiger partial charge in [-0.1, -0.05) is 64.5 Å². The number of ether oxygens (including phenoxy) is 2. The first-order valence-corrected chi connectivity index (χ1v) is 15.1. The van der Waals surface area contributed by atoms with Crippen molar-refractivity contribution in [1.29, 1.82) is 0 Å². The third-order valence-electron chi connectivity index (χ3n) is 6.06. The van der Waals surface area contributed by atoms with Crippen molar-refractivity contribution >= 4 is 35.7 Å². The molecule has 0 bridgehead atoms. The minimum atomic E-state index is -4.22. The minimum Gasteiger partial charge on any atom is -0.460 e. The average Bonchev–Trinajstić information content (AvgIpc) is 3.33. The Morgan fingerprint density at radius 3 is 2.59 bits per heavy atom. The van der Waals surface area contributed by atoms with Gasteiger partial charge in [-0.15, -0.1) is 0 Å². The lowest BCUT2D eigenvalue weighted by atomic mass is 10.2. The van der Waals surface area contributed by atoms with Crippen LogP contribution in [0.1, 0.15) is 30.7 Å². The number of hydrogen-bond donors (Lipinski definition) is 3. The van der Waals surface area contributed by atoms with Gasteiger partial charge in [0.25, 0.3) is 5.56 Å². The van der Waals surface area contributed by atoms with Gasteiger partial charge in [0.2, 0.25) is 0 Å². The zero-order valence-corrected chi connectivity index (χ0v) is 24.4. The van der Waals surface area contributed by atoms with Crippen LogP contribution in [0.15, 0.2) is 81.4 Å². The summed E-state index contributed by atoms with van der Waals surface area (Å²) in [6.07, 6.45) is -0.282. The molecule has 3 N–H and O–H groups in total. The molecule has 0 radical (unpaired) electrons. The molecule has 1 aromatic heterocycles. The fraction of sp³-hybridized carbons (Fsp3) is 0.296. The summed E-state index contributed by atoms with van der Waals surface area (Å²) in [7, 11) is -4.22. The van der Waals surface area contributed by atoms with Crippen molar-refractivity contribution in [2.24, 2.45) is 0 Å². The first kappa shape index (κ1) is 30.6. The molecule has 3 aromatic rings. The molecule has 218 valence electrons. The van der Waals surface area contributed by atoms with Crippen LogP contribution in [0, 0.1) is 0 Å². The maximum atomic E-state index is 13.8. The van der Waals surface area contributed by atoms with Crippen molar-refractivity contribution in [3.63, 3.8) is 0 Å². The molecule has 1 aliphatic heterocycles. The molecule has 1 saturated heterocycles. The summed E-state index contributed by atoms with van der Waals surface area (Å²) in [5, 5.41) is 13.2. The lowest BCUT2D eigenvalue weighted by molar-refractivity contribution is -0.146. The molecule has 0 spiro atoms. The molecule has 12 nitrogen and oxygen atoms in total. The summed E-state index contributed by atoms with van der Waals surface area (Å²) < 4.78 is 37.4. The number of aliphatic hydroxyl groups is 1. The van der Waals surface area contributed by atoms with Crippen LogP contribution < -0.4 is 20.9 Å². The van der Waals surface area contributed by atoms with Gasteiger partial charge in [0.1, 0.15) is 30.7 Å². The van der Waals surface area contributed by atoms with E-state index >= 15 is 0 Å². The molecule has 5 atom stereocenters. The first-order chi connectivity index (χ1) is 19.7. The summed E-state index contributed by atoms with van der Waals surface area (Å²) >= 11 is 3.09. The van der Waals surface area contributed by atoms with Crippen molar-refractivity contribution in [2.75, 3.05) is 6.61 Å². The molecule has 1 fully saturated rings. The fourth-order valence-corrected chi connectivity index (χ4v) is 5.75. The SMILES string of the molecule is C[C@H](NP(=O)(OCC1O[C@@H](n2cc(/C=C/Br)c(=O)[nH]c2=O)C[C@H]1O)Oc1ccccc1)C(=O)OCc1ccccc1. The smallest absolute Gasteiger partial charge is 0.459 e. The predicted octanol–water partition coefficient (Wildman–Crippen LogP) is 3.48. The third-order valence-corrected chi connectivity index (χ3v) is 7.97. The van der Waals surface area contributed by atoms with E-state index in [9.17, 15) is 24.1 Å². The van der Waals surface area contributed by atoms with E-state index < -0.39 is 56.0 Å². The number of para-hydroxylation sites is 1. The Balaban J connectivity index is 1.44. The van der Waals surface area contributed by atoms with Crippen LogP contribution in [0.25, 0.3) is 6.08 Å². The molecular weight excluding hydrogens is 621 g/mol. The van der Waals surface area contributed by atoms with Gasteiger partial charge in [-0.05, 0) is 35.7 Å². The number of benzene rings is 2. The Morgan fingerprint density at radius 1 is 1.22 bits per heavy atom. The van der Waals surface area contributed by atoms with Crippen molar-refractivity contribution in [3.8, 4) is 5.75 Å². The zero-order valence-electron chi connectivity index (χ0n) is 21.9. The number of aliphatic hydroxyl groups excluding tert-OH is 1. The highest BCUT2D eigenvalue weighted by molar-refractivity contribution is 9.11. The maximum absolute atomic E-state index is 13.8. The van der Waals surface area contributed by atoms with Crippen LogP contribution >= 0.6 is 23.7 Å². The zero-order chi connectivity index (χ0) is 29.4. The third kappa shape index (κ3) is 8.35. The summed E-state index contributed by atoms with van der Waals surface area (Å²) in [5.74, 6) is -0.469. The van der Waals surface area contributed by atoms with Crippen LogP contribution in [0.4, 0.5) is 0 Å². The van der Waals surface area contributed by atoms with E-state index in [2.05, 4.69) is 26.0 Å². The number of esters is 1. The molecular formula is C27H29BrN3O9P. The highest BCUT2D eigenvalue weighted by Crippen LogP contribution is 2.46. The molecule has 2 unspecified atom stereocenters. The van der Waals surface area contributed by atoms with Gasteiger partial charge in [-0.25, -0.2) is 9.36 Å². The monoisotopic (exact) mass is 649 g/mol. The van der Waals surface area contributed by atoms with Gasteiger partial charge in [-0.3, -0.25) is 23.7 Å². The number of nitrogens with one attached hydrogen (secondary N) is 2. The highest BCUT2D eigenvalue weighted by Gasteiger charge is 2.39. The topological polar surface area (TPSA) is 158 Å². The average molecular weight is 650 g/mol. The lowest BCUT2D eigenvalue weighted by Crippen LogP contribution is -2.36. The van der Waals surface area contributed by atoms with E-state index in [1.807, 2.05) is 18.2 Å². The Hall–Kier alpha value is -3.32. The molecule has 41 heavy (non-hydrogen) atoms. The summed E-state index contributed by atoms with van der Waals surface area (Å²) in [6, 6.07) is 16.2. The Bertz CT molecular complexity index is 1510. The molecule has 1 aliphatic rings. The number of carbonyl (C=O) groups excluding carboxylic acids is 1. The summed E-state index contributed by atoms with van der Waals surface area (Å²) in [5.41, 5.74) is -0.325. The van der Waals surface area contributed by atoms with E-state index in [-0.39, 0.29) is 24.3 Å². The van der Waals surface area contributed by atoms with E-state index in [0.717, 1.165) is 10.1 Å². The van der Waals surface area contributed by atoms with Gasteiger partial charge in [0.05, 0.1) is 18.3 Å². The molecule has 0 aliphatic carbocycles. The van der Waals surface area contributed by atoms with Crippen LogP contribution in [0.2, 0.25) is 0 Å². The Kier molecular flexibility index (Phi) is 10.5. The second-order valence-electron chi connectivity index (χ2n) is 9.12. The van der Waals surface area contributed by atoms with Gasteiger partial charge in [0, 0.05) is 12.6 Å². The molecule has 4 rings (SSSR count). The second kappa shape index (κ2) is 14.0.